The van der Waals surface area contributed by atoms with Gasteiger partial charge >= 0.3 is 15.6 Å². The molecule has 0 aromatic rings. The van der Waals surface area contributed by atoms with Crippen LogP contribution in [0.15, 0.2) is 0 Å². The third kappa shape index (κ3) is 7.36. The fourth-order valence-electron chi connectivity index (χ4n) is 1.02. The van der Waals surface area contributed by atoms with E-state index >= 15 is 0 Å². The number of halogens is 3. The summed E-state index contributed by atoms with van der Waals surface area (Å²) in [6, 6.07) is 0. The molecule has 0 fully saturated rings. The lowest BCUT2D eigenvalue weighted by Gasteiger charge is -2.11. The summed E-state index contributed by atoms with van der Waals surface area (Å²) in [5, 5.41) is 0. The zero-order valence-corrected chi connectivity index (χ0v) is 11.3. The van der Waals surface area contributed by atoms with Crippen molar-refractivity contribution in [1.29, 1.82) is 0 Å². The molecule has 1 N–H and O–H groups in total. The SMILES string of the molecule is CC#CC(CCOS(=O)(=O)C(F)(F)F)CS(=O)(=O)O. The summed E-state index contributed by atoms with van der Waals surface area (Å²) < 4.78 is 90.2. The summed E-state index contributed by atoms with van der Waals surface area (Å²) in [6.45, 7) is 0.459. The molecule has 0 spiro atoms. The van der Waals surface area contributed by atoms with Crippen LogP contribution in [0.5, 0.6) is 0 Å². The normalized spacial score (nSPS) is 14.6. The third-order valence-corrected chi connectivity index (χ3v) is 3.62. The largest absolute Gasteiger partial charge is 0.523 e. The molecule has 112 valence electrons. The topological polar surface area (TPSA) is 97.7 Å². The van der Waals surface area contributed by atoms with Crippen molar-refractivity contribution in [2.75, 3.05) is 12.4 Å². The molecule has 0 aromatic heterocycles. The van der Waals surface area contributed by atoms with E-state index in [4.69, 9.17) is 4.55 Å². The summed E-state index contributed by atoms with van der Waals surface area (Å²) in [7, 11) is -10.1. The molecule has 1 atom stereocenters. The Morgan fingerprint density at radius 2 is 1.79 bits per heavy atom. The average molecular weight is 324 g/mol. The highest BCUT2D eigenvalue weighted by atomic mass is 32.2. The summed E-state index contributed by atoms with van der Waals surface area (Å²) in [4.78, 5) is 0. The number of hydrogen-bond donors (Lipinski definition) is 1. The molecule has 0 bridgehead atoms. The van der Waals surface area contributed by atoms with Gasteiger partial charge < -0.3 is 0 Å². The van der Waals surface area contributed by atoms with Crippen LogP contribution in [0.25, 0.3) is 0 Å². The van der Waals surface area contributed by atoms with Gasteiger partial charge in [0.2, 0.25) is 0 Å². The van der Waals surface area contributed by atoms with Crippen molar-refractivity contribution >= 4 is 20.2 Å². The Hall–Kier alpha value is -0.830. The standard InChI is InChI=1S/C8H11F3O6S2/c1-2-3-7(6-18(12,13)14)4-5-17-19(15,16)8(9,10)11/h7H,4-6H2,1H3,(H,12,13,14). The minimum atomic E-state index is -5.71. The molecule has 0 aliphatic carbocycles. The fraction of sp³-hybridized carbons (Fsp3) is 0.750. The van der Waals surface area contributed by atoms with E-state index in [2.05, 4.69) is 16.0 Å². The van der Waals surface area contributed by atoms with Crippen LogP contribution in [0.4, 0.5) is 13.2 Å². The molecule has 0 saturated heterocycles. The monoisotopic (exact) mass is 324 g/mol. The van der Waals surface area contributed by atoms with Crippen LogP contribution < -0.4 is 0 Å². The van der Waals surface area contributed by atoms with Crippen LogP contribution >= 0.6 is 0 Å². The zero-order valence-electron chi connectivity index (χ0n) is 9.64. The Labute approximate surface area is 108 Å². The highest BCUT2D eigenvalue weighted by Gasteiger charge is 2.47. The fourth-order valence-corrected chi connectivity index (χ4v) is 2.23. The van der Waals surface area contributed by atoms with Crippen LogP contribution in [-0.2, 0) is 24.4 Å². The van der Waals surface area contributed by atoms with E-state index in [1.165, 1.54) is 6.92 Å². The van der Waals surface area contributed by atoms with Crippen LogP contribution in [0, 0.1) is 17.8 Å². The molecule has 0 radical (unpaired) electrons. The molecule has 11 heteroatoms. The summed E-state index contributed by atoms with van der Waals surface area (Å²) >= 11 is 0. The quantitative estimate of drug-likeness (QED) is 0.335. The second-order valence-corrected chi connectivity index (χ2v) is 6.45. The van der Waals surface area contributed by atoms with Crippen molar-refractivity contribution < 1.29 is 38.7 Å². The first-order chi connectivity index (χ1) is 8.39. The predicted molar refractivity (Wildman–Crippen MR) is 58.9 cm³/mol. The van der Waals surface area contributed by atoms with Gasteiger partial charge in [-0.25, -0.2) is 0 Å². The second-order valence-electron chi connectivity index (χ2n) is 3.35. The minimum Gasteiger partial charge on any atom is -0.286 e. The Balaban J connectivity index is 4.56. The molecule has 0 aromatic carbocycles. The molecular formula is C8H11F3O6S2. The van der Waals surface area contributed by atoms with E-state index in [-0.39, 0.29) is 0 Å². The molecule has 19 heavy (non-hydrogen) atoms. The second kappa shape index (κ2) is 6.56. The van der Waals surface area contributed by atoms with Crippen molar-refractivity contribution in [2.24, 2.45) is 5.92 Å². The first-order valence-corrected chi connectivity index (χ1v) is 7.74. The van der Waals surface area contributed by atoms with Crippen LogP contribution in [0.3, 0.4) is 0 Å². The molecule has 0 rings (SSSR count). The van der Waals surface area contributed by atoms with E-state index < -0.39 is 50.4 Å². The molecule has 6 nitrogen and oxygen atoms in total. The first kappa shape index (κ1) is 18.2. The van der Waals surface area contributed by atoms with Gasteiger partial charge in [-0.3, -0.25) is 8.74 Å². The molecular weight excluding hydrogens is 313 g/mol. The Morgan fingerprint density at radius 1 is 1.26 bits per heavy atom. The lowest BCUT2D eigenvalue weighted by Crippen LogP contribution is -2.26. The lowest BCUT2D eigenvalue weighted by molar-refractivity contribution is -0.0543. The number of alkyl halides is 3. The van der Waals surface area contributed by atoms with Gasteiger partial charge in [0.1, 0.15) is 0 Å². The minimum absolute atomic E-state index is 0.393. The average Bonchev–Trinajstić information content (AvgIpc) is 2.13. The maximum absolute atomic E-state index is 11.9. The smallest absolute Gasteiger partial charge is 0.286 e. The maximum Gasteiger partial charge on any atom is 0.523 e. The molecule has 0 saturated carbocycles. The van der Waals surface area contributed by atoms with Crippen LogP contribution in [0.2, 0.25) is 0 Å². The van der Waals surface area contributed by atoms with Gasteiger partial charge in [0, 0.05) is 5.92 Å². The van der Waals surface area contributed by atoms with Crippen molar-refractivity contribution in [3.63, 3.8) is 0 Å². The van der Waals surface area contributed by atoms with E-state index in [9.17, 15) is 30.0 Å². The van der Waals surface area contributed by atoms with E-state index in [0.29, 0.717) is 0 Å². The lowest BCUT2D eigenvalue weighted by atomic mass is 10.1. The van der Waals surface area contributed by atoms with Gasteiger partial charge in [0.15, 0.2) is 0 Å². The molecule has 0 heterocycles. The van der Waals surface area contributed by atoms with Crippen molar-refractivity contribution in [3.05, 3.63) is 0 Å². The molecule has 0 aliphatic heterocycles. The number of hydrogen-bond acceptors (Lipinski definition) is 5. The zero-order chi connectivity index (χ0) is 15.3. The first-order valence-electron chi connectivity index (χ1n) is 4.72. The summed E-state index contributed by atoms with van der Waals surface area (Å²) in [5.74, 6) is 2.79. The summed E-state index contributed by atoms with van der Waals surface area (Å²) in [6.07, 6.45) is -0.393. The van der Waals surface area contributed by atoms with Crippen molar-refractivity contribution in [1.82, 2.24) is 0 Å². The van der Waals surface area contributed by atoms with Gasteiger partial charge in [-0.2, -0.15) is 30.0 Å². The van der Waals surface area contributed by atoms with Crippen molar-refractivity contribution in [2.45, 2.75) is 18.9 Å². The van der Waals surface area contributed by atoms with Crippen LogP contribution in [0.1, 0.15) is 13.3 Å². The number of rotatable bonds is 6. The van der Waals surface area contributed by atoms with Gasteiger partial charge in [-0.15, -0.1) is 5.92 Å². The van der Waals surface area contributed by atoms with Gasteiger partial charge in [0.25, 0.3) is 10.1 Å². The Kier molecular flexibility index (Phi) is 6.27. The third-order valence-electron chi connectivity index (χ3n) is 1.75. The molecule has 0 amide bonds. The van der Waals surface area contributed by atoms with E-state index in [1.54, 1.807) is 0 Å². The molecule has 0 aliphatic rings. The maximum atomic E-state index is 11.9. The van der Waals surface area contributed by atoms with Crippen molar-refractivity contribution in [3.8, 4) is 11.8 Å². The Morgan fingerprint density at radius 3 is 2.16 bits per heavy atom. The van der Waals surface area contributed by atoms with Crippen LogP contribution in [-0.4, -0.2) is 39.3 Å². The van der Waals surface area contributed by atoms with Gasteiger partial charge in [-0.1, -0.05) is 5.92 Å². The van der Waals surface area contributed by atoms with E-state index in [0.717, 1.165) is 0 Å². The highest BCUT2D eigenvalue weighted by molar-refractivity contribution is 7.87. The summed E-state index contributed by atoms with van der Waals surface area (Å²) in [5.41, 5.74) is -5.54. The van der Waals surface area contributed by atoms with E-state index in [1.807, 2.05) is 0 Å². The molecule has 1 unspecified atom stereocenters. The van der Waals surface area contributed by atoms with Gasteiger partial charge in [-0.05, 0) is 13.3 Å². The predicted octanol–water partition coefficient (Wildman–Crippen LogP) is 0.770. The highest BCUT2D eigenvalue weighted by Crippen LogP contribution is 2.24. The Bertz CT molecular complexity index is 552. The van der Waals surface area contributed by atoms with Gasteiger partial charge in [0.05, 0.1) is 12.4 Å².